The van der Waals surface area contributed by atoms with E-state index < -0.39 is 11.6 Å². The highest BCUT2D eigenvalue weighted by molar-refractivity contribution is 6.31. The maximum atomic E-state index is 13.3. The van der Waals surface area contributed by atoms with Crippen molar-refractivity contribution in [2.75, 3.05) is 11.9 Å². The average molecular weight is 317 g/mol. The molecule has 0 amide bonds. The van der Waals surface area contributed by atoms with Gasteiger partial charge in [0.1, 0.15) is 11.6 Å². The maximum Gasteiger partial charge on any atom is 0.126 e. The van der Waals surface area contributed by atoms with Crippen molar-refractivity contribution in [3.05, 3.63) is 63.6 Å². The molecule has 1 unspecified atom stereocenters. The molecule has 20 heavy (non-hydrogen) atoms. The van der Waals surface area contributed by atoms with E-state index in [0.29, 0.717) is 11.3 Å². The van der Waals surface area contributed by atoms with Crippen LogP contribution in [0.5, 0.6) is 0 Å². The third kappa shape index (κ3) is 3.60. The fourth-order valence-electron chi connectivity index (χ4n) is 1.89. The summed E-state index contributed by atoms with van der Waals surface area (Å²) < 4.78 is 26.3. The summed E-state index contributed by atoms with van der Waals surface area (Å²) in [5.74, 6) is -0.885. The summed E-state index contributed by atoms with van der Waals surface area (Å²) >= 11 is 11.8. The van der Waals surface area contributed by atoms with Gasteiger partial charge in [-0.2, -0.15) is 0 Å². The van der Waals surface area contributed by atoms with Crippen LogP contribution in [0, 0.1) is 11.6 Å². The number of nitrogens with one attached hydrogen (secondary N) is 1. The van der Waals surface area contributed by atoms with E-state index in [4.69, 9.17) is 28.9 Å². The minimum atomic E-state index is -0.457. The summed E-state index contributed by atoms with van der Waals surface area (Å²) in [6, 6.07) is 7.75. The van der Waals surface area contributed by atoms with Gasteiger partial charge in [-0.3, -0.25) is 0 Å². The molecule has 0 aliphatic carbocycles. The molecule has 0 bridgehead atoms. The van der Waals surface area contributed by atoms with Crippen LogP contribution in [0.1, 0.15) is 11.6 Å². The van der Waals surface area contributed by atoms with E-state index in [2.05, 4.69) is 5.32 Å². The highest BCUT2D eigenvalue weighted by Gasteiger charge is 2.14. The Morgan fingerprint density at radius 3 is 2.40 bits per heavy atom. The van der Waals surface area contributed by atoms with Crippen LogP contribution < -0.4 is 11.1 Å². The molecule has 0 radical (unpaired) electrons. The van der Waals surface area contributed by atoms with Gasteiger partial charge in [0.15, 0.2) is 0 Å². The lowest BCUT2D eigenvalue weighted by Gasteiger charge is -2.20. The second-order valence-corrected chi connectivity index (χ2v) is 5.10. The molecular formula is C14H12Cl2F2N2. The molecule has 0 heterocycles. The Hall–Kier alpha value is -1.36. The van der Waals surface area contributed by atoms with Gasteiger partial charge in [0, 0.05) is 22.3 Å². The zero-order valence-corrected chi connectivity index (χ0v) is 11.8. The van der Waals surface area contributed by atoms with Crippen LogP contribution >= 0.6 is 23.2 Å². The lowest BCUT2D eigenvalue weighted by Crippen LogP contribution is -2.21. The van der Waals surface area contributed by atoms with Gasteiger partial charge in [0.2, 0.25) is 0 Å². The molecule has 3 N–H and O–H groups in total. The Bertz CT molecular complexity index is 600. The molecule has 6 heteroatoms. The summed E-state index contributed by atoms with van der Waals surface area (Å²) in [6.07, 6.45) is 0. The number of nitrogens with two attached hydrogens (primary N) is 1. The van der Waals surface area contributed by atoms with E-state index in [1.54, 1.807) is 12.1 Å². The van der Waals surface area contributed by atoms with Crippen molar-refractivity contribution in [1.29, 1.82) is 0 Å². The molecule has 0 aliphatic rings. The van der Waals surface area contributed by atoms with Crippen molar-refractivity contribution in [3.63, 3.8) is 0 Å². The van der Waals surface area contributed by atoms with E-state index >= 15 is 0 Å². The molecule has 0 saturated carbocycles. The highest BCUT2D eigenvalue weighted by Crippen LogP contribution is 2.27. The monoisotopic (exact) mass is 316 g/mol. The molecule has 0 fully saturated rings. The molecule has 1 atom stereocenters. The largest absolute Gasteiger partial charge is 0.377 e. The van der Waals surface area contributed by atoms with E-state index in [1.165, 1.54) is 24.3 Å². The second-order valence-electron chi connectivity index (χ2n) is 4.26. The predicted molar refractivity (Wildman–Crippen MR) is 78.2 cm³/mol. The fourth-order valence-corrected chi connectivity index (χ4v) is 2.41. The normalized spacial score (nSPS) is 12.2. The first-order valence-corrected chi connectivity index (χ1v) is 6.63. The van der Waals surface area contributed by atoms with E-state index in [0.717, 1.165) is 0 Å². The van der Waals surface area contributed by atoms with Crippen LogP contribution in [0.4, 0.5) is 14.5 Å². The van der Waals surface area contributed by atoms with Crippen molar-refractivity contribution in [2.45, 2.75) is 6.04 Å². The number of anilines is 1. The van der Waals surface area contributed by atoms with E-state index in [-0.39, 0.29) is 22.6 Å². The number of benzene rings is 2. The van der Waals surface area contributed by atoms with Crippen molar-refractivity contribution in [3.8, 4) is 0 Å². The van der Waals surface area contributed by atoms with E-state index in [9.17, 15) is 8.78 Å². The minimum Gasteiger partial charge on any atom is -0.377 e. The molecule has 2 aromatic carbocycles. The van der Waals surface area contributed by atoms with Gasteiger partial charge in [-0.1, -0.05) is 29.3 Å². The summed E-state index contributed by atoms with van der Waals surface area (Å²) in [5.41, 5.74) is 6.81. The average Bonchev–Trinajstić information content (AvgIpc) is 2.35. The van der Waals surface area contributed by atoms with Crippen molar-refractivity contribution < 1.29 is 8.78 Å². The molecule has 0 spiro atoms. The smallest absolute Gasteiger partial charge is 0.126 e. The zero-order valence-electron chi connectivity index (χ0n) is 10.3. The predicted octanol–water partition coefficient (Wildman–Crippen LogP) is 4.38. The van der Waals surface area contributed by atoms with Crippen LogP contribution in [0.3, 0.4) is 0 Å². The first-order chi connectivity index (χ1) is 9.49. The number of halogens is 4. The molecule has 0 aliphatic heterocycles. The Morgan fingerprint density at radius 2 is 1.80 bits per heavy atom. The lowest BCUT2D eigenvalue weighted by atomic mass is 10.1. The number of hydrogen-bond donors (Lipinski definition) is 2. The Kier molecular flexibility index (Phi) is 4.81. The van der Waals surface area contributed by atoms with Crippen LogP contribution in [0.25, 0.3) is 0 Å². The first-order valence-electron chi connectivity index (χ1n) is 5.87. The van der Waals surface area contributed by atoms with Crippen molar-refractivity contribution >= 4 is 28.9 Å². The number of rotatable bonds is 4. The van der Waals surface area contributed by atoms with Gasteiger partial charge in [-0.15, -0.1) is 0 Å². The standard InChI is InChI=1S/C14H12Cl2F2N2/c15-8-3-10(18)5-11(4-8)20-14(7-19)12-2-1-9(17)6-13(12)16/h1-6,14,20H,7,19H2. The summed E-state index contributed by atoms with van der Waals surface area (Å²) in [6.45, 7) is 0.208. The third-order valence-electron chi connectivity index (χ3n) is 2.78. The summed E-state index contributed by atoms with van der Waals surface area (Å²) in [4.78, 5) is 0. The molecule has 2 rings (SSSR count). The van der Waals surface area contributed by atoms with Gasteiger partial charge in [-0.25, -0.2) is 8.78 Å². The maximum absolute atomic E-state index is 13.3. The third-order valence-corrected chi connectivity index (χ3v) is 3.32. The van der Waals surface area contributed by atoms with Gasteiger partial charge in [-0.05, 0) is 35.9 Å². The second kappa shape index (κ2) is 6.39. The van der Waals surface area contributed by atoms with Crippen LogP contribution in [-0.4, -0.2) is 6.54 Å². The lowest BCUT2D eigenvalue weighted by molar-refractivity contribution is 0.625. The van der Waals surface area contributed by atoms with Crippen LogP contribution in [-0.2, 0) is 0 Å². The SMILES string of the molecule is NCC(Nc1cc(F)cc(Cl)c1)c1ccc(F)cc1Cl. The molecule has 2 nitrogen and oxygen atoms in total. The molecule has 2 aromatic rings. The topological polar surface area (TPSA) is 38.0 Å². The molecule has 0 aromatic heterocycles. The summed E-state index contributed by atoms with van der Waals surface area (Å²) in [7, 11) is 0. The molecular weight excluding hydrogens is 305 g/mol. The van der Waals surface area contributed by atoms with Gasteiger partial charge < -0.3 is 11.1 Å². The molecule has 0 saturated heterocycles. The van der Waals surface area contributed by atoms with Gasteiger partial charge >= 0.3 is 0 Å². The molecule has 106 valence electrons. The summed E-state index contributed by atoms with van der Waals surface area (Å²) in [5, 5.41) is 3.56. The Balaban J connectivity index is 2.28. The fraction of sp³-hybridized carbons (Fsp3) is 0.143. The first kappa shape index (κ1) is 15.0. The Morgan fingerprint density at radius 1 is 1.05 bits per heavy atom. The quantitative estimate of drug-likeness (QED) is 0.878. The van der Waals surface area contributed by atoms with Crippen molar-refractivity contribution in [2.24, 2.45) is 5.73 Å². The number of hydrogen-bond acceptors (Lipinski definition) is 2. The van der Waals surface area contributed by atoms with E-state index in [1.807, 2.05) is 0 Å². The highest BCUT2D eigenvalue weighted by atomic mass is 35.5. The Labute approximate surface area is 125 Å². The minimum absolute atomic E-state index is 0.208. The van der Waals surface area contributed by atoms with Gasteiger partial charge in [0.05, 0.1) is 6.04 Å². The van der Waals surface area contributed by atoms with Crippen LogP contribution in [0.2, 0.25) is 10.0 Å². The van der Waals surface area contributed by atoms with Gasteiger partial charge in [0.25, 0.3) is 0 Å². The zero-order chi connectivity index (χ0) is 14.7. The van der Waals surface area contributed by atoms with Crippen LogP contribution in [0.15, 0.2) is 36.4 Å². The van der Waals surface area contributed by atoms with Crippen molar-refractivity contribution in [1.82, 2.24) is 0 Å².